The van der Waals surface area contributed by atoms with Crippen molar-refractivity contribution < 1.29 is 22.0 Å². The van der Waals surface area contributed by atoms with Crippen LogP contribution in [0, 0.1) is 10.1 Å². The second-order valence-electron chi connectivity index (χ2n) is 2.95. The molecule has 0 unspecified atom stereocenters. The molecule has 1 aromatic carbocycles. The van der Waals surface area contributed by atoms with Crippen LogP contribution in [0.4, 0.5) is 9.57 Å². The van der Waals surface area contributed by atoms with Crippen molar-refractivity contribution in [3.63, 3.8) is 0 Å². The first kappa shape index (κ1) is 12.4. The Labute approximate surface area is 91.0 Å². The third kappa shape index (κ3) is 3.16. The molecule has 1 aromatic rings. The van der Waals surface area contributed by atoms with E-state index in [1.807, 2.05) is 0 Å². The normalized spacial score (nSPS) is 11.1. The van der Waals surface area contributed by atoms with Gasteiger partial charge >= 0.3 is 15.9 Å². The van der Waals surface area contributed by atoms with Crippen molar-refractivity contribution in [2.75, 3.05) is 7.11 Å². The van der Waals surface area contributed by atoms with E-state index in [0.717, 1.165) is 18.2 Å². The van der Waals surface area contributed by atoms with E-state index in [4.69, 9.17) is 4.74 Å². The molecule has 0 saturated carbocycles. The Balaban J connectivity index is 3.14. The Morgan fingerprint density at radius 2 is 2.12 bits per heavy atom. The Hall–Kier alpha value is -1.70. The SMILES string of the molecule is COc1cc(CS(=O)(=O)F)ccc1[N+](=O)[O-]. The van der Waals surface area contributed by atoms with E-state index in [1.54, 1.807) is 0 Å². The zero-order chi connectivity index (χ0) is 12.3. The largest absolute Gasteiger partial charge is 0.490 e. The molecule has 0 radical (unpaired) electrons. The number of nitro groups is 1. The Morgan fingerprint density at radius 3 is 2.56 bits per heavy atom. The zero-order valence-corrected chi connectivity index (χ0v) is 9.03. The highest BCUT2D eigenvalue weighted by Gasteiger charge is 2.17. The van der Waals surface area contributed by atoms with E-state index >= 15 is 0 Å². The van der Waals surface area contributed by atoms with E-state index in [0.29, 0.717) is 0 Å². The number of hydrogen-bond donors (Lipinski definition) is 0. The number of rotatable bonds is 4. The number of methoxy groups -OCH3 is 1. The quantitative estimate of drug-likeness (QED) is 0.457. The molecule has 8 heteroatoms. The molecule has 0 atom stereocenters. The van der Waals surface area contributed by atoms with Gasteiger partial charge in [0.15, 0.2) is 5.75 Å². The fourth-order valence-electron chi connectivity index (χ4n) is 1.16. The lowest BCUT2D eigenvalue weighted by Gasteiger charge is -2.03. The fraction of sp³-hybridized carbons (Fsp3) is 0.250. The first-order valence-corrected chi connectivity index (χ1v) is 5.62. The minimum Gasteiger partial charge on any atom is -0.490 e. The van der Waals surface area contributed by atoms with E-state index in [-0.39, 0.29) is 17.0 Å². The van der Waals surface area contributed by atoms with Gasteiger partial charge in [-0.25, -0.2) is 0 Å². The van der Waals surface area contributed by atoms with Gasteiger partial charge in [-0.15, -0.1) is 3.89 Å². The molecule has 0 aromatic heterocycles. The van der Waals surface area contributed by atoms with Gasteiger partial charge in [0.2, 0.25) is 0 Å². The van der Waals surface area contributed by atoms with E-state index in [9.17, 15) is 22.4 Å². The zero-order valence-electron chi connectivity index (χ0n) is 8.21. The minimum atomic E-state index is -4.66. The van der Waals surface area contributed by atoms with Crippen molar-refractivity contribution >= 4 is 15.9 Å². The highest BCUT2D eigenvalue weighted by molar-refractivity contribution is 7.85. The van der Waals surface area contributed by atoms with Crippen LogP contribution in [0.15, 0.2) is 18.2 Å². The van der Waals surface area contributed by atoms with E-state index in [1.165, 1.54) is 7.11 Å². The lowest BCUT2D eigenvalue weighted by Crippen LogP contribution is -1.99. The summed E-state index contributed by atoms with van der Waals surface area (Å²) in [6.07, 6.45) is 0. The monoisotopic (exact) mass is 249 g/mol. The van der Waals surface area contributed by atoms with Crippen molar-refractivity contribution in [1.29, 1.82) is 0 Å². The van der Waals surface area contributed by atoms with Crippen molar-refractivity contribution in [1.82, 2.24) is 0 Å². The third-order valence-electron chi connectivity index (χ3n) is 1.78. The van der Waals surface area contributed by atoms with Gasteiger partial charge in [-0.2, -0.15) is 8.42 Å². The lowest BCUT2D eigenvalue weighted by atomic mass is 10.2. The number of halogens is 1. The predicted octanol–water partition coefficient (Wildman–Crippen LogP) is 1.40. The standard InChI is InChI=1S/C8H8FNO5S/c1-15-8-4-6(5-16(9,13)14)2-3-7(8)10(11)12/h2-4H,5H2,1H3. The molecule has 0 saturated heterocycles. The molecule has 0 amide bonds. The maximum absolute atomic E-state index is 12.4. The molecule has 1 rings (SSSR count). The van der Waals surface area contributed by atoms with Gasteiger partial charge in [-0.05, 0) is 11.6 Å². The van der Waals surface area contributed by atoms with Crippen LogP contribution in [-0.2, 0) is 16.0 Å². The average Bonchev–Trinajstić information content (AvgIpc) is 2.14. The Kier molecular flexibility index (Phi) is 3.43. The first-order valence-electron chi connectivity index (χ1n) is 4.07. The van der Waals surface area contributed by atoms with Crippen molar-refractivity contribution in [2.24, 2.45) is 0 Å². The Morgan fingerprint density at radius 1 is 1.50 bits per heavy atom. The molecular formula is C8H8FNO5S. The molecule has 88 valence electrons. The molecular weight excluding hydrogens is 241 g/mol. The van der Waals surface area contributed by atoms with Gasteiger partial charge in [0.25, 0.3) is 0 Å². The summed E-state index contributed by atoms with van der Waals surface area (Å²) in [4.78, 5) is 9.84. The lowest BCUT2D eigenvalue weighted by molar-refractivity contribution is -0.385. The van der Waals surface area contributed by atoms with Crippen LogP contribution < -0.4 is 4.74 Å². The molecule has 0 heterocycles. The number of nitro benzene ring substituents is 1. The summed E-state index contributed by atoms with van der Waals surface area (Å²) in [5.41, 5.74) is -0.215. The van der Waals surface area contributed by atoms with Crippen LogP contribution in [0.25, 0.3) is 0 Å². The average molecular weight is 249 g/mol. The summed E-state index contributed by atoms with van der Waals surface area (Å²) in [5.74, 6) is -0.937. The van der Waals surface area contributed by atoms with Crippen molar-refractivity contribution in [3.8, 4) is 5.75 Å². The second-order valence-corrected chi connectivity index (χ2v) is 4.31. The van der Waals surface area contributed by atoms with Crippen LogP contribution in [0.3, 0.4) is 0 Å². The van der Waals surface area contributed by atoms with Gasteiger partial charge in [0, 0.05) is 6.07 Å². The molecule has 6 nitrogen and oxygen atoms in total. The second kappa shape index (κ2) is 4.44. The first-order chi connectivity index (χ1) is 7.33. The molecule has 0 aliphatic carbocycles. The molecule has 16 heavy (non-hydrogen) atoms. The number of ether oxygens (including phenoxy) is 1. The van der Waals surface area contributed by atoms with Crippen LogP contribution in [0.1, 0.15) is 5.56 Å². The predicted molar refractivity (Wildman–Crippen MR) is 53.4 cm³/mol. The number of hydrogen-bond acceptors (Lipinski definition) is 5. The summed E-state index contributed by atoms with van der Waals surface area (Å²) < 4.78 is 37.8. The maximum atomic E-state index is 12.4. The molecule has 0 aliphatic rings. The molecule has 0 bridgehead atoms. The highest BCUT2D eigenvalue weighted by atomic mass is 32.3. The van der Waals surface area contributed by atoms with Gasteiger partial charge in [0.1, 0.15) is 5.75 Å². The topological polar surface area (TPSA) is 86.5 Å². The molecule has 0 spiro atoms. The summed E-state index contributed by atoms with van der Waals surface area (Å²) in [5, 5.41) is 10.5. The summed E-state index contributed by atoms with van der Waals surface area (Å²) >= 11 is 0. The van der Waals surface area contributed by atoms with Gasteiger partial charge in [0.05, 0.1) is 12.0 Å². The molecule has 0 fully saturated rings. The minimum absolute atomic E-state index is 0.0879. The smallest absolute Gasteiger partial charge is 0.310 e. The van der Waals surface area contributed by atoms with Crippen molar-refractivity contribution in [2.45, 2.75) is 5.75 Å². The van der Waals surface area contributed by atoms with E-state index in [2.05, 4.69) is 0 Å². The van der Waals surface area contributed by atoms with Crippen LogP contribution in [0.2, 0.25) is 0 Å². The summed E-state index contributed by atoms with van der Waals surface area (Å²) in [7, 11) is -3.46. The fourth-order valence-corrected chi connectivity index (χ4v) is 1.74. The molecule has 0 aliphatic heterocycles. The van der Waals surface area contributed by atoms with E-state index < -0.39 is 20.9 Å². The number of benzene rings is 1. The molecule has 0 N–H and O–H groups in total. The third-order valence-corrected chi connectivity index (χ3v) is 2.46. The summed E-state index contributed by atoms with van der Waals surface area (Å²) in [6.45, 7) is 0. The van der Waals surface area contributed by atoms with Crippen LogP contribution in [-0.4, -0.2) is 20.5 Å². The van der Waals surface area contributed by atoms with Gasteiger partial charge in [-0.3, -0.25) is 10.1 Å². The maximum Gasteiger partial charge on any atom is 0.310 e. The highest BCUT2D eigenvalue weighted by Crippen LogP contribution is 2.28. The number of nitrogens with zero attached hydrogens (tertiary/aromatic N) is 1. The van der Waals surface area contributed by atoms with Crippen LogP contribution >= 0.6 is 0 Å². The van der Waals surface area contributed by atoms with Crippen LogP contribution in [0.5, 0.6) is 5.75 Å². The van der Waals surface area contributed by atoms with Gasteiger partial charge in [-0.1, -0.05) is 6.07 Å². The Bertz CT molecular complexity index is 513. The van der Waals surface area contributed by atoms with Crippen molar-refractivity contribution in [3.05, 3.63) is 33.9 Å². The van der Waals surface area contributed by atoms with Gasteiger partial charge < -0.3 is 4.74 Å². The summed E-state index contributed by atoms with van der Waals surface area (Å²) in [6, 6.07) is 3.35.